The van der Waals surface area contributed by atoms with E-state index in [2.05, 4.69) is 5.32 Å². The zero-order chi connectivity index (χ0) is 21.4. The third-order valence-corrected chi connectivity index (χ3v) is 6.41. The molecule has 0 spiro atoms. The summed E-state index contributed by atoms with van der Waals surface area (Å²) in [6.45, 7) is 2.00. The van der Waals surface area contributed by atoms with Crippen LogP contribution in [-0.4, -0.2) is 90.9 Å². The molecule has 5 atom stereocenters. The summed E-state index contributed by atoms with van der Waals surface area (Å²) in [4.78, 5) is 17.0. The molecule has 3 aliphatic rings. The molecular formula is C20H27N3O6S. The van der Waals surface area contributed by atoms with Gasteiger partial charge >= 0.3 is 0 Å². The molecule has 2 saturated heterocycles. The minimum atomic E-state index is -1.04. The Hall–Kier alpha value is -2.14. The van der Waals surface area contributed by atoms with E-state index in [1.165, 1.54) is 0 Å². The van der Waals surface area contributed by atoms with Crippen LogP contribution in [0.5, 0.6) is 11.5 Å². The van der Waals surface area contributed by atoms with Crippen LogP contribution in [0.25, 0.3) is 0 Å². The number of hydrogen-bond acceptors (Lipinski definition) is 7. The third kappa shape index (κ3) is 3.68. The molecule has 2 heterocycles. The summed E-state index contributed by atoms with van der Waals surface area (Å²) in [6.07, 6.45) is -1.91. The van der Waals surface area contributed by atoms with Crippen LogP contribution in [-0.2, 0) is 9.53 Å². The molecule has 1 aliphatic carbocycles. The van der Waals surface area contributed by atoms with Crippen molar-refractivity contribution in [2.45, 2.75) is 30.7 Å². The Labute approximate surface area is 180 Å². The van der Waals surface area contributed by atoms with Crippen LogP contribution < -0.4 is 19.7 Å². The van der Waals surface area contributed by atoms with Crippen LogP contribution >= 0.6 is 12.2 Å². The van der Waals surface area contributed by atoms with Gasteiger partial charge in [-0.1, -0.05) is 0 Å². The van der Waals surface area contributed by atoms with Crippen LogP contribution in [0.4, 0.5) is 5.69 Å². The smallest absolute Gasteiger partial charge is 0.228 e. The summed E-state index contributed by atoms with van der Waals surface area (Å²) in [5, 5.41) is 24.6. The Morgan fingerprint density at radius 2 is 1.80 bits per heavy atom. The summed E-state index contributed by atoms with van der Waals surface area (Å²) >= 11 is 5.58. The zero-order valence-electron chi connectivity index (χ0n) is 17.0. The molecule has 0 radical (unpaired) electrons. The maximum atomic E-state index is 13.4. The number of aliphatic hydroxyl groups excluding tert-OH is 2. The first-order valence-corrected chi connectivity index (χ1v) is 10.4. The molecule has 4 rings (SSSR count). The monoisotopic (exact) mass is 437 g/mol. The van der Waals surface area contributed by atoms with Crippen molar-refractivity contribution in [3.05, 3.63) is 18.2 Å². The lowest BCUT2D eigenvalue weighted by molar-refractivity contribution is -0.145. The Morgan fingerprint density at radius 1 is 1.17 bits per heavy atom. The second-order valence-corrected chi connectivity index (χ2v) is 8.13. The summed E-state index contributed by atoms with van der Waals surface area (Å²) in [6, 6.07) is 4.35. The topological polar surface area (TPSA) is 104 Å². The number of carbonyl (C=O) groups is 1. The highest BCUT2D eigenvalue weighted by Crippen LogP contribution is 2.39. The minimum absolute atomic E-state index is 0.0642. The van der Waals surface area contributed by atoms with Crippen molar-refractivity contribution in [2.24, 2.45) is 5.92 Å². The number of carbonyl (C=O) groups excluding carboxylic acids is 1. The second-order valence-electron chi connectivity index (χ2n) is 7.74. The first-order chi connectivity index (χ1) is 14.4. The van der Waals surface area contributed by atoms with Gasteiger partial charge in [0.2, 0.25) is 5.91 Å². The van der Waals surface area contributed by atoms with Gasteiger partial charge in [-0.15, -0.1) is 0 Å². The zero-order valence-corrected chi connectivity index (χ0v) is 17.8. The number of amides is 1. The summed E-state index contributed by atoms with van der Waals surface area (Å²) < 4.78 is 16.1. The fourth-order valence-corrected chi connectivity index (χ4v) is 4.94. The highest BCUT2D eigenvalue weighted by molar-refractivity contribution is 7.80. The highest BCUT2D eigenvalue weighted by atomic mass is 32.1. The molecule has 3 fully saturated rings. The van der Waals surface area contributed by atoms with Gasteiger partial charge in [0, 0.05) is 31.3 Å². The van der Waals surface area contributed by atoms with Crippen molar-refractivity contribution in [3.63, 3.8) is 0 Å². The number of anilines is 1. The Balaban J connectivity index is 1.72. The van der Waals surface area contributed by atoms with Gasteiger partial charge in [0.1, 0.15) is 17.6 Å². The minimum Gasteiger partial charge on any atom is -0.497 e. The Bertz CT molecular complexity index is 795. The van der Waals surface area contributed by atoms with Crippen molar-refractivity contribution < 1.29 is 29.2 Å². The van der Waals surface area contributed by atoms with E-state index in [1.54, 1.807) is 25.2 Å². The molecule has 1 amide bonds. The number of hydrogen-bond donors (Lipinski definition) is 3. The molecule has 2 aliphatic heterocycles. The molecule has 0 unspecified atom stereocenters. The standard InChI is InChI=1S/C20H27N3O6S/c1-27-12-7-11(8-13(9-12)28-2)23-17-14(19(26)22-3-5-29-6-4-22)10-15(24)18(25)16(17)21-20(23)30/h7-9,14-18,24-25H,3-6,10H2,1-2H3,(H,21,30)/t14-,15-,16-,17-,18+/m1/s1. The number of methoxy groups -OCH3 is 2. The number of thiocarbonyl (C=S) groups is 1. The van der Waals surface area contributed by atoms with E-state index in [4.69, 9.17) is 26.4 Å². The van der Waals surface area contributed by atoms with Crippen LogP contribution in [0.1, 0.15) is 6.42 Å². The predicted octanol–water partition coefficient (Wildman–Crippen LogP) is -0.264. The van der Waals surface area contributed by atoms with Gasteiger partial charge in [-0.2, -0.15) is 0 Å². The molecule has 30 heavy (non-hydrogen) atoms. The number of ether oxygens (including phenoxy) is 3. The van der Waals surface area contributed by atoms with E-state index in [9.17, 15) is 15.0 Å². The van der Waals surface area contributed by atoms with E-state index in [0.717, 1.165) is 0 Å². The van der Waals surface area contributed by atoms with Gasteiger partial charge in [0.05, 0.1) is 57.2 Å². The molecule has 164 valence electrons. The average Bonchev–Trinajstić information content (AvgIpc) is 3.13. The van der Waals surface area contributed by atoms with Gasteiger partial charge < -0.3 is 39.5 Å². The Kier molecular flexibility index (Phi) is 6.01. The van der Waals surface area contributed by atoms with Gasteiger partial charge in [0.25, 0.3) is 0 Å². The molecule has 9 nitrogen and oxygen atoms in total. The summed E-state index contributed by atoms with van der Waals surface area (Å²) in [7, 11) is 3.13. The van der Waals surface area contributed by atoms with Crippen LogP contribution in [0.2, 0.25) is 0 Å². The lowest BCUT2D eigenvalue weighted by Crippen LogP contribution is -2.61. The summed E-state index contributed by atoms with van der Waals surface area (Å²) in [5.74, 6) is 0.563. The number of morpholine rings is 1. The molecule has 10 heteroatoms. The fraction of sp³-hybridized carbons (Fsp3) is 0.600. The van der Waals surface area contributed by atoms with Crippen molar-refractivity contribution in [2.75, 3.05) is 45.4 Å². The van der Waals surface area contributed by atoms with Crippen molar-refractivity contribution in [1.82, 2.24) is 10.2 Å². The quantitative estimate of drug-likeness (QED) is 0.550. The fourth-order valence-electron chi connectivity index (χ4n) is 4.58. The number of benzene rings is 1. The van der Waals surface area contributed by atoms with E-state index in [0.29, 0.717) is 48.6 Å². The number of fused-ring (bicyclic) bond motifs is 1. The maximum absolute atomic E-state index is 13.4. The number of aliphatic hydroxyl groups is 2. The summed E-state index contributed by atoms with van der Waals surface area (Å²) in [5.41, 5.74) is 0.694. The van der Waals surface area contributed by atoms with Crippen molar-refractivity contribution in [3.8, 4) is 11.5 Å². The van der Waals surface area contributed by atoms with Gasteiger partial charge in [-0.05, 0) is 18.6 Å². The predicted molar refractivity (Wildman–Crippen MR) is 113 cm³/mol. The normalized spacial score (nSPS) is 31.2. The molecule has 0 aromatic heterocycles. The number of rotatable bonds is 4. The molecular weight excluding hydrogens is 410 g/mol. The lowest BCUT2D eigenvalue weighted by atomic mass is 9.77. The van der Waals surface area contributed by atoms with Crippen LogP contribution in [0, 0.1) is 5.92 Å². The van der Waals surface area contributed by atoms with E-state index >= 15 is 0 Å². The molecule has 1 aromatic carbocycles. The van der Waals surface area contributed by atoms with E-state index < -0.39 is 30.2 Å². The van der Waals surface area contributed by atoms with Crippen molar-refractivity contribution >= 4 is 28.9 Å². The average molecular weight is 438 g/mol. The first kappa shape index (κ1) is 21.1. The number of nitrogens with zero attached hydrogens (tertiary/aromatic N) is 2. The van der Waals surface area contributed by atoms with Gasteiger partial charge in [-0.25, -0.2) is 0 Å². The van der Waals surface area contributed by atoms with Gasteiger partial charge in [0.15, 0.2) is 5.11 Å². The third-order valence-electron chi connectivity index (χ3n) is 6.10. The molecule has 1 saturated carbocycles. The largest absolute Gasteiger partial charge is 0.497 e. The molecule has 0 bridgehead atoms. The highest BCUT2D eigenvalue weighted by Gasteiger charge is 2.54. The lowest BCUT2D eigenvalue weighted by Gasteiger charge is -2.43. The van der Waals surface area contributed by atoms with E-state index in [1.807, 2.05) is 17.0 Å². The van der Waals surface area contributed by atoms with Gasteiger partial charge in [-0.3, -0.25) is 4.79 Å². The molecule has 3 N–H and O–H groups in total. The van der Waals surface area contributed by atoms with E-state index in [-0.39, 0.29) is 12.3 Å². The van der Waals surface area contributed by atoms with Crippen LogP contribution in [0.3, 0.4) is 0 Å². The first-order valence-electron chi connectivity index (χ1n) is 10.00. The number of nitrogens with one attached hydrogen (secondary N) is 1. The maximum Gasteiger partial charge on any atom is 0.228 e. The SMILES string of the molecule is COc1cc(OC)cc(N2C(=S)N[C@H]3[C@@H](O)[C@H](O)C[C@@H](C(=O)N4CCOCC4)[C@H]32)c1. The van der Waals surface area contributed by atoms with Crippen molar-refractivity contribution in [1.29, 1.82) is 0 Å². The molecule has 1 aromatic rings. The second kappa shape index (κ2) is 8.54. The Morgan fingerprint density at radius 3 is 2.40 bits per heavy atom. The van der Waals surface area contributed by atoms with Crippen LogP contribution in [0.15, 0.2) is 18.2 Å².